The first-order valence-electron chi connectivity index (χ1n) is 6.52. The number of rotatable bonds is 6. The van der Waals surface area contributed by atoms with Gasteiger partial charge in [-0.1, -0.05) is 5.21 Å². The van der Waals surface area contributed by atoms with Crippen molar-refractivity contribution in [1.29, 1.82) is 0 Å². The summed E-state index contributed by atoms with van der Waals surface area (Å²) in [5.41, 5.74) is 1.15. The van der Waals surface area contributed by atoms with E-state index in [1.54, 1.807) is 11.8 Å². The summed E-state index contributed by atoms with van der Waals surface area (Å²) in [6.45, 7) is 2.30. The van der Waals surface area contributed by atoms with E-state index in [9.17, 15) is 4.79 Å². The third kappa shape index (κ3) is 3.10. The molecular weight excluding hydrogens is 248 g/mol. The average Bonchev–Trinajstić information content (AvgIpc) is 3.06. The standard InChI is InChI=1S/C12H20N4O3/c1-18-8-4-7-16-11(9-5-3-6-13-9)10(14-15-16)12(17)19-2/h9,13H,3-8H2,1-2H3. The largest absolute Gasteiger partial charge is 0.464 e. The van der Waals surface area contributed by atoms with Gasteiger partial charge in [-0.05, 0) is 25.8 Å². The molecule has 1 aliphatic rings. The van der Waals surface area contributed by atoms with Crippen LogP contribution in [0.15, 0.2) is 0 Å². The summed E-state index contributed by atoms with van der Waals surface area (Å²) < 4.78 is 11.6. The van der Waals surface area contributed by atoms with Crippen molar-refractivity contribution >= 4 is 5.97 Å². The van der Waals surface area contributed by atoms with E-state index < -0.39 is 5.97 Å². The van der Waals surface area contributed by atoms with E-state index in [4.69, 9.17) is 9.47 Å². The molecule has 1 aromatic rings. The number of carbonyl (C=O) groups excluding carboxylic acids is 1. The third-order valence-electron chi connectivity index (χ3n) is 3.26. The van der Waals surface area contributed by atoms with E-state index in [1.807, 2.05) is 0 Å². The van der Waals surface area contributed by atoms with Gasteiger partial charge < -0.3 is 14.8 Å². The van der Waals surface area contributed by atoms with Crippen LogP contribution in [0.5, 0.6) is 0 Å². The molecule has 0 aromatic carbocycles. The molecule has 2 rings (SSSR count). The summed E-state index contributed by atoms with van der Waals surface area (Å²) in [6.07, 6.45) is 2.91. The zero-order valence-electron chi connectivity index (χ0n) is 11.4. The lowest BCUT2D eigenvalue weighted by Gasteiger charge is -2.13. The highest BCUT2D eigenvalue weighted by molar-refractivity contribution is 5.88. The second-order valence-corrected chi connectivity index (χ2v) is 4.53. The molecule has 2 heterocycles. The molecule has 1 unspecified atom stereocenters. The Hall–Kier alpha value is -1.47. The minimum Gasteiger partial charge on any atom is -0.464 e. The number of ether oxygens (including phenoxy) is 2. The molecule has 1 saturated heterocycles. The van der Waals surface area contributed by atoms with Gasteiger partial charge in [-0.25, -0.2) is 9.48 Å². The maximum Gasteiger partial charge on any atom is 0.360 e. The molecular formula is C12H20N4O3. The summed E-state index contributed by atoms with van der Waals surface area (Å²) in [5, 5.41) is 11.4. The Morgan fingerprint density at radius 3 is 3.00 bits per heavy atom. The van der Waals surface area contributed by atoms with Gasteiger partial charge in [0.25, 0.3) is 0 Å². The number of aromatic nitrogens is 3. The monoisotopic (exact) mass is 268 g/mol. The molecule has 1 aliphatic heterocycles. The van der Waals surface area contributed by atoms with Gasteiger partial charge in [0.15, 0.2) is 5.69 Å². The number of nitrogens with one attached hydrogen (secondary N) is 1. The maximum atomic E-state index is 11.7. The van der Waals surface area contributed by atoms with Gasteiger partial charge in [0.1, 0.15) is 0 Å². The third-order valence-corrected chi connectivity index (χ3v) is 3.26. The maximum absolute atomic E-state index is 11.7. The molecule has 7 nitrogen and oxygen atoms in total. The van der Waals surface area contributed by atoms with Crippen molar-refractivity contribution in [3.8, 4) is 0 Å². The molecule has 1 fully saturated rings. The molecule has 106 valence electrons. The Kier molecular flexibility index (Phi) is 4.86. The van der Waals surface area contributed by atoms with Gasteiger partial charge in [0, 0.05) is 20.3 Å². The summed E-state index contributed by atoms with van der Waals surface area (Å²) in [6, 6.07) is 0.131. The van der Waals surface area contributed by atoms with Crippen molar-refractivity contribution in [2.24, 2.45) is 0 Å². The quantitative estimate of drug-likeness (QED) is 0.599. The number of carbonyl (C=O) groups is 1. The molecule has 1 N–H and O–H groups in total. The number of nitrogens with zero attached hydrogens (tertiary/aromatic N) is 3. The lowest BCUT2D eigenvalue weighted by atomic mass is 10.1. The van der Waals surface area contributed by atoms with Gasteiger partial charge in [0.05, 0.1) is 18.8 Å². The van der Waals surface area contributed by atoms with Gasteiger partial charge in [0.2, 0.25) is 0 Å². The molecule has 0 saturated carbocycles. The molecule has 1 aromatic heterocycles. The van der Waals surface area contributed by atoms with Crippen molar-refractivity contribution in [2.75, 3.05) is 27.4 Å². The van der Waals surface area contributed by atoms with Gasteiger partial charge in [-0.15, -0.1) is 5.10 Å². The Bertz CT molecular complexity index is 427. The average molecular weight is 268 g/mol. The van der Waals surface area contributed by atoms with Gasteiger partial charge >= 0.3 is 5.97 Å². The first-order chi connectivity index (χ1) is 9.27. The summed E-state index contributed by atoms with van der Waals surface area (Å²) in [4.78, 5) is 11.7. The Labute approximate surface area is 112 Å². The van der Waals surface area contributed by atoms with Crippen molar-refractivity contribution in [3.63, 3.8) is 0 Å². The van der Waals surface area contributed by atoms with Crippen LogP contribution in [0, 0.1) is 0 Å². The number of hydrogen-bond donors (Lipinski definition) is 1. The molecule has 0 radical (unpaired) electrons. The summed E-state index contributed by atoms with van der Waals surface area (Å²) >= 11 is 0. The van der Waals surface area contributed by atoms with Crippen LogP contribution < -0.4 is 5.32 Å². The van der Waals surface area contributed by atoms with Crippen LogP contribution in [-0.2, 0) is 16.0 Å². The van der Waals surface area contributed by atoms with Crippen LogP contribution in [0.2, 0.25) is 0 Å². The van der Waals surface area contributed by atoms with Crippen molar-refractivity contribution in [3.05, 3.63) is 11.4 Å². The smallest absolute Gasteiger partial charge is 0.360 e. The fourth-order valence-corrected chi connectivity index (χ4v) is 2.35. The number of methoxy groups -OCH3 is 2. The predicted molar refractivity (Wildman–Crippen MR) is 67.8 cm³/mol. The topological polar surface area (TPSA) is 78.3 Å². The Morgan fingerprint density at radius 2 is 2.37 bits per heavy atom. The lowest BCUT2D eigenvalue weighted by Crippen LogP contribution is -2.21. The van der Waals surface area contributed by atoms with Gasteiger partial charge in [-0.2, -0.15) is 0 Å². The fourth-order valence-electron chi connectivity index (χ4n) is 2.35. The minimum atomic E-state index is -0.429. The fraction of sp³-hybridized carbons (Fsp3) is 0.750. The van der Waals surface area contributed by atoms with E-state index in [0.717, 1.165) is 31.5 Å². The van der Waals surface area contributed by atoms with Crippen LogP contribution in [-0.4, -0.2) is 48.3 Å². The second-order valence-electron chi connectivity index (χ2n) is 4.53. The Balaban J connectivity index is 2.21. The summed E-state index contributed by atoms with van der Waals surface area (Å²) in [5.74, 6) is -0.429. The highest BCUT2D eigenvalue weighted by Crippen LogP contribution is 2.25. The molecule has 0 spiro atoms. The predicted octanol–water partition coefficient (Wildman–Crippen LogP) is 0.526. The molecule has 19 heavy (non-hydrogen) atoms. The van der Waals surface area contributed by atoms with Crippen molar-refractivity contribution in [2.45, 2.75) is 31.8 Å². The van der Waals surface area contributed by atoms with Crippen molar-refractivity contribution < 1.29 is 14.3 Å². The second kappa shape index (κ2) is 6.63. The van der Waals surface area contributed by atoms with Crippen LogP contribution >= 0.6 is 0 Å². The highest BCUT2D eigenvalue weighted by Gasteiger charge is 2.28. The molecule has 0 amide bonds. The van der Waals surface area contributed by atoms with Crippen LogP contribution in [0.25, 0.3) is 0 Å². The van der Waals surface area contributed by atoms with Crippen LogP contribution in [0.3, 0.4) is 0 Å². The van der Waals surface area contributed by atoms with Crippen molar-refractivity contribution in [1.82, 2.24) is 20.3 Å². The van der Waals surface area contributed by atoms with E-state index >= 15 is 0 Å². The van der Waals surface area contributed by atoms with Crippen LogP contribution in [0.4, 0.5) is 0 Å². The van der Waals surface area contributed by atoms with E-state index in [1.165, 1.54) is 7.11 Å². The molecule has 1 atom stereocenters. The highest BCUT2D eigenvalue weighted by atomic mass is 16.5. The van der Waals surface area contributed by atoms with Crippen LogP contribution in [0.1, 0.15) is 41.5 Å². The Morgan fingerprint density at radius 1 is 1.53 bits per heavy atom. The van der Waals surface area contributed by atoms with E-state index in [2.05, 4.69) is 15.6 Å². The van der Waals surface area contributed by atoms with Gasteiger partial charge in [-0.3, -0.25) is 0 Å². The number of esters is 1. The lowest BCUT2D eigenvalue weighted by molar-refractivity contribution is 0.0591. The zero-order valence-corrected chi connectivity index (χ0v) is 11.4. The molecule has 0 aliphatic carbocycles. The molecule has 7 heteroatoms. The number of hydrogen-bond acceptors (Lipinski definition) is 6. The SMILES string of the molecule is COCCCn1nnc(C(=O)OC)c1C1CCCN1. The molecule has 0 bridgehead atoms. The minimum absolute atomic E-state index is 0.131. The zero-order chi connectivity index (χ0) is 13.7. The summed E-state index contributed by atoms with van der Waals surface area (Å²) in [7, 11) is 3.03. The first-order valence-corrected chi connectivity index (χ1v) is 6.52. The first kappa shape index (κ1) is 14.0. The number of aryl methyl sites for hydroxylation is 1. The van der Waals surface area contributed by atoms with E-state index in [-0.39, 0.29) is 6.04 Å². The van der Waals surface area contributed by atoms with E-state index in [0.29, 0.717) is 18.8 Å². The normalized spacial score (nSPS) is 18.7.